The fourth-order valence-electron chi connectivity index (χ4n) is 6.57. The van der Waals surface area contributed by atoms with E-state index in [-0.39, 0.29) is 54.5 Å². The van der Waals surface area contributed by atoms with Crippen LogP contribution in [0.3, 0.4) is 0 Å². The number of nitrogens with zero attached hydrogens (tertiary/aromatic N) is 1. The number of ether oxygens (including phenoxy) is 2. The summed E-state index contributed by atoms with van der Waals surface area (Å²) >= 11 is 0. The predicted molar refractivity (Wildman–Crippen MR) is 222 cm³/mol. The number of guanidine groups is 1. The van der Waals surface area contributed by atoms with Gasteiger partial charge >= 0.3 is 11.9 Å². The molecule has 54 heavy (non-hydrogen) atoms. The average molecular weight is 766 g/mol. The summed E-state index contributed by atoms with van der Waals surface area (Å²) in [6, 6.07) is -0.723. The molecule has 0 spiro atoms. The van der Waals surface area contributed by atoms with E-state index in [2.05, 4.69) is 43.3 Å². The van der Waals surface area contributed by atoms with E-state index in [1.807, 2.05) is 0 Å². The largest absolute Gasteiger partial charge is 0.465 e. The Labute approximate surface area is 330 Å². The van der Waals surface area contributed by atoms with Crippen LogP contribution >= 0.6 is 0 Å². The summed E-state index contributed by atoms with van der Waals surface area (Å²) in [5, 5.41) is 5.82. The maximum absolute atomic E-state index is 13.0. The molecular weight excluding hydrogens is 683 g/mol. The zero-order valence-corrected chi connectivity index (χ0v) is 35.2. The SMILES string of the molecule is CCCCCCC(CCCC)C(=O)OCCCCCCCCNC(=O)[C@H](CCN=C(N)N)NC(=O)CCCCCOC(=O)C(CCCC)CCCCCC. The molecule has 0 rings (SSSR count). The molecule has 0 saturated carbocycles. The number of aliphatic imine (C=N–C) groups is 1. The van der Waals surface area contributed by atoms with Crippen molar-refractivity contribution in [3.05, 3.63) is 0 Å². The summed E-state index contributed by atoms with van der Waals surface area (Å²) in [7, 11) is 0. The van der Waals surface area contributed by atoms with E-state index in [4.69, 9.17) is 20.9 Å². The lowest BCUT2D eigenvalue weighted by atomic mass is 9.95. The number of hydrogen-bond donors (Lipinski definition) is 4. The van der Waals surface area contributed by atoms with Gasteiger partial charge in [-0.05, 0) is 64.2 Å². The molecule has 0 aliphatic rings. The molecule has 3 atom stereocenters. The van der Waals surface area contributed by atoms with Gasteiger partial charge in [-0.1, -0.05) is 130 Å². The summed E-state index contributed by atoms with van der Waals surface area (Å²) in [6.45, 7) is 10.3. The minimum Gasteiger partial charge on any atom is -0.465 e. The molecule has 0 aromatic carbocycles. The summed E-state index contributed by atoms with van der Waals surface area (Å²) in [4.78, 5) is 55.0. The van der Waals surface area contributed by atoms with Crippen LogP contribution in [0.5, 0.6) is 0 Å². The second-order valence-corrected chi connectivity index (χ2v) is 15.2. The molecule has 316 valence electrons. The van der Waals surface area contributed by atoms with Crippen molar-refractivity contribution in [3.63, 3.8) is 0 Å². The van der Waals surface area contributed by atoms with Crippen molar-refractivity contribution in [2.24, 2.45) is 28.3 Å². The van der Waals surface area contributed by atoms with Gasteiger partial charge in [0.15, 0.2) is 5.96 Å². The van der Waals surface area contributed by atoms with Crippen molar-refractivity contribution in [1.29, 1.82) is 0 Å². The maximum atomic E-state index is 13.0. The molecule has 0 saturated heterocycles. The summed E-state index contributed by atoms with van der Waals surface area (Å²) < 4.78 is 11.3. The Morgan fingerprint density at radius 1 is 0.537 bits per heavy atom. The van der Waals surface area contributed by atoms with Crippen LogP contribution < -0.4 is 22.1 Å². The first kappa shape index (κ1) is 51.1. The summed E-state index contributed by atoms with van der Waals surface area (Å²) in [6.07, 6.45) is 25.8. The van der Waals surface area contributed by atoms with Crippen molar-refractivity contribution in [3.8, 4) is 0 Å². The number of hydrogen-bond acceptors (Lipinski definition) is 7. The monoisotopic (exact) mass is 766 g/mol. The van der Waals surface area contributed by atoms with E-state index in [0.717, 1.165) is 116 Å². The lowest BCUT2D eigenvalue weighted by molar-refractivity contribution is -0.150. The predicted octanol–water partition coefficient (Wildman–Crippen LogP) is 8.79. The van der Waals surface area contributed by atoms with Gasteiger partial charge in [-0.25, -0.2) is 0 Å². The Kier molecular flexibility index (Phi) is 35.1. The zero-order valence-electron chi connectivity index (χ0n) is 35.2. The molecule has 11 heteroatoms. The average Bonchev–Trinajstić information content (AvgIpc) is 3.15. The first-order valence-corrected chi connectivity index (χ1v) is 22.2. The number of rotatable bonds is 38. The molecule has 11 nitrogen and oxygen atoms in total. The number of carbonyl (C=O) groups excluding carboxylic acids is 4. The lowest BCUT2D eigenvalue weighted by Crippen LogP contribution is -2.47. The molecule has 6 N–H and O–H groups in total. The summed E-state index contributed by atoms with van der Waals surface area (Å²) in [5.41, 5.74) is 10.9. The van der Waals surface area contributed by atoms with Gasteiger partial charge < -0.3 is 31.6 Å². The highest BCUT2D eigenvalue weighted by molar-refractivity contribution is 5.87. The Hall–Kier alpha value is -2.85. The van der Waals surface area contributed by atoms with Crippen LogP contribution in [-0.2, 0) is 28.7 Å². The first-order valence-electron chi connectivity index (χ1n) is 22.2. The zero-order chi connectivity index (χ0) is 40.1. The number of nitrogens with two attached hydrogens (primary N) is 2. The Morgan fingerprint density at radius 2 is 0.981 bits per heavy atom. The molecule has 0 aliphatic carbocycles. The van der Waals surface area contributed by atoms with Crippen molar-refractivity contribution in [1.82, 2.24) is 10.6 Å². The number of unbranched alkanes of at least 4 members (excludes halogenated alkanes) is 15. The highest BCUT2D eigenvalue weighted by Crippen LogP contribution is 2.21. The second-order valence-electron chi connectivity index (χ2n) is 15.2. The third-order valence-electron chi connectivity index (χ3n) is 10.1. The van der Waals surface area contributed by atoms with E-state index in [1.54, 1.807) is 0 Å². The standard InChI is InChI=1S/C43H83N5O6/c1-5-9-13-20-28-36(26-11-7-3)41(51)53-34-24-18-16-15-17-23-32-46-40(50)38(31-33-47-43(44)45)48-39(49)30-22-19-25-35-54-42(52)37(27-12-8-4)29-21-14-10-6-2/h36-38H,5-35H2,1-4H3,(H,46,50)(H,48,49)(H4,44,45,47)/t36?,37?,38-/m0/s1. The van der Waals surface area contributed by atoms with E-state index >= 15 is 0 Å². The molecule has 0 fully saturated rings. The van der Waals surface area contributed by atoms with Gasteiger partial charge in [-0.3, -0.25) is 24.2 Å². The van der Waals surface area contributed by atoms with Crippen LogP contribution in [0.25, 0.3) is 0 Å². The minimum atomic E-state index is -0.723. The van der Waals surface area contributed by atoms with Gasteiger partial charge in [0.2, 0.25) is 11.8 Å². The minimum absolute atomic E-state index is 0.0120. The fraction of sp³-hybridized carbons (Fsp3) is 0.884. The molecule has 0 aromatic rings. The lowest BCUT2D eigenvalue weighted by Gasteiger charge is -2.18. The second kappa shape index (κ2) is 37.1. The van der Waals surface area contributed by atoms with Crippen LogP contribution in [0.1, 0.15) is 201 Å². The topological polar surface area (TPSA) is 175 Å². The van der Waals surface area contributed by atoms with Gasteiger partial charge in [0, 0.05) is 19.5 Å². The Morgan fingerprint density at radius 3 is 1.48 bits per heavy atom. The smallest absolute Gasteiger partial charge is 0.308 e. The van der Waals surface area contributed by atoms with Gasteiger partial charge in [0.25, 0.3) is 0 Å². The Bertz CT molecular complexity index is 974. The van der Waals surface area contributed by atoms with Gasteiger partial charge in [0.05, 0.1) is 25.0 Å². The number of nitrogens with one attached hydrogen (secondary N) is 2. The molecule has 2 unspecified atom stereocenters. The van der Waals surface area contributed by atoms with Gasteiger partial charge in [0.1, 0.15) is 6.04 Å². The van der Waals surface area contributed by atoms with E-state index < -0.39 is 6.04 Å². The van der Waals surface area contributed by atoms with Crippen LogP contribution in [0.2, 0.25) is 0 Å². The van der Waals surface area contributed by atoms with E-state index in [1.165, 1.54) is 32.1 Å². The molecule has 2 amide bonds. The van der Waals surface area contributed by atoms with Crippen molar-refractivity contribution in [2.75, 3.05) is 26.3 Å². The van der Waals surface area contributed by atoms with E-state index in [9.17, 15) is 19.2 Å². The van der Waals surface area contributed by atoms with Gasteiger partial charge in [-0.2, -0.15) is 0 Å². The van der Waals surface area contributed by atoms with Gasteiger partial charge in [-0.15, -0.1) is 0 Å². The van der Waals surface area contributed by atoms with Crippen molar-refractivity contribution in [2.45, 2.75) is 207 Å². The highest BCUT2D eigenvalue weighted by Gasteiger charge is 2.22. The fourth-order valence-corrected chi connectivity index (χ4v) is 6.57. The van der Waals surface area contributed by atoms with Crippen molar-refractivity contribution < 1.29 is 28.7 Å². The van der Waals surface area contributed by atoms with Crippen LogP contribution in [0.15, 0.2) is 4.99 Å². The van der Waals surface area contributed by atoms with E-state index in [0.29, 0.717) is 39.0 Å². The third-order valence-corrected chi connectivity index (χ3v) is 10.1. The quantitative estimate of drug-likeness (QED) is 0.0209. The molecular formula is C43H83N5O6. The highest BCUT2D eigenvalue weighted by atomic mass is 16.5. The molecule has 0 aliphatic heterocycles. The summed E-state index contributed by atoms with van der Waals surface area (Å²) in [5.74, 6) is -0.554. The number of esters is 2. The van der Waals surface area contributed by atoms with Crippen LogP contribution in [-0.4, -0.2) is 62.1 Å². The normalized spacial score (nSPS) is 12.7. The van der Waals surface area contributed by atoms with Crippen molar-refractivity contribution >= 4 is 29.7 Å². The molecule has 0 bridgehead atoms. The third kappa shape index (κ3) is 30.5. The first-order chi connectivity index (χ1) is 26.2. The molecule has 0 heterocycles. The maximum Gasteiger partial charge on any atom is 0.308 e. The number of carbonyl (C=O) groups is 4. The van der Waals surface area contributed by atoms with Crippen LogP contribution in [0, 0.1) is 11.8 Å². The Balaban J connectivity index is 4.37. The molecule has 0 aromatic heterocycles. The van der Waals surface area contributed by atoms with Crippen LogP contribution in [0.4, 0.5) is 0 Å². The molecule has 0 radical (unpaired) electrons. The number of amides is 2.